The van der Waals surface area contributed by atoms with E-state index >= 15 is 0 Å². The fraction of sp³-hybridized carbons (Fsp3) is 0.385. The number of carbonyl (C=O) groups is 2. The standard InChI is InChI=1S/C13H16FNO3/c1-13(2,3)15(12(17)18)7-10-6-9(8-16)4-5-11(10)14/h4-6,8H,7H2,1-3H3,(H,17,18). The Balaban J connectivity index is 3.08. The van der Waals surface area contributed by atoms with Crippen molar-refractivity contribution in [3.8, 4) is 0 Å². The molecule has 1 aromatic rings. The van der Waals surface area contributed by atoms with E-state index in [1.54, 1.807) is 20.8 Å². The number of benzene rings is 1. The van der Waals surface area contributed by atoms with E-state index in [2.05, 4.69) is 0 Å². The number of hydrogen-bond donors (Lipinski definition) is 1. The molecule has 0 heterocycles. The maximum Gasteiger partial charge on any atom is 0.408 e. The zero-order chi connectivity index (χ0) is 13.9. The van der Waals surface area contributed by atoms with Gasteiger partial charge in [0.25, 0.3) is 0 Å². The van der Waals surface area contributed by atoms with Gasteiger partial charge in [-0.15, -0.1) is 0 Å². The Kier molecular flexibility index (Phi) is 4.06. The van der Waals surface area contributed by atoms with Gasteiger partial charge in [0.1, 0.15) is 12.1 Å². The van der Waals surface area contributed by atoms with Crippen LogP contribution >= 0.6 is 0 Å². The summed E-state index contributed by atoms with van der Waals surface area (Å²) in [5.74, 6) is -0.517. The molecule has 5 heteroatoms. The first kappa shape index (κ1) is 14.2. The van der Waals surface area contributed by atoms with Crippen molar-refractivity contribution in [2.24, 2.45) is 0 Å². The second-order valence-electron chi connectivity index (χ2n) is 5.01. The van der Waals surface area contributed by atoms with Crippen LogP contribution in [0.2, 0.25) is 0 Å². The number of aldehydes is 1. The first-order valence-electron chi connectivity index (χ1n) is 5.50. The molecule has 1 N–H and O–H groups in total. The highest BCUT2D eigenvalue weighted by atomic mass is 19.1. The Labute approximate surface area is 105 Å². The van der Waals surface area contributed by atoms with Gasteiger partial charge in [0.15, 0.2) is 0 Å². The van der Waals surface area contributed by atoms with E-state index < -0.39 is 17.4 Å². The van der Waals surface area contributed by atoms with E-state index in [9.17, 15) is 14.0 Å². The molecule has 0 atom stereocenters. The molecule has 0 spiro atoms. The van der Waals surface area contributed by atoms with E-state index in [0.29, 0.717) is 11.8 Å². The number of nitrogens with zero attached hydrogens (tertiary/aromatic N) is 1. The third-order valence-corrected chi connectivity index (χ3v) is 2.57. The molecule has 1 aromatic carbocycles. The van der Waals surface area contributed by atoms with Crippen molar-refractivity contribution in [2.75, 3.05) is 0 Å². The summed E-state index contributed by atoms with van der Waals surface area (Å²) in [6.45, 7) is 5.08. The van der Waals surface area contributed by atoms with Gasteiger partial charge in [-0.3, -0.25) is 9.69 Å². The minimum atomic E-state index is -1.13. The summed E-state index contributed by atoms with van der Waals surface area (Å²) in [5, 5.41) is 9.12. The summed E-state index contributed by atoms with van der Waals surface area (Å²) in [7, 11) is 0. The normalized spacial score (nSPS) is 11.1. The number of carbonyl (C=O) groups excluding carboxylic acids is 1. The van der Waals surface area contributed by atoms with Crippen molar-refractivity contribution < 1.29 is 19.1 Å². The average molecular weight is 253 g/mol. The maximum absolute atomic E-state index is 13.6. The van der Waals surface area contributed by atoms with Crippen molar-refractivity contribution >= 4 is 12.4 Å². The van der Waals surface area contributed by atoms with Crippen LogP contribution in [-0.2, 0) is 6.54 Å². The lowest BCUT2D eigenvalue weighted by molar-refractivity contribution is 0.0948. The Morgan fingerprint density at radius 1 is 1.44 bits per heavy atom. The summed E-state index contributed by atoms with van der Waals surface area (Å²) in [5.41, 5.74) is -0.127. The number of halogens is 1. The molecule has 0 aliphatic rings. The van der Waals surface area contributed by atoms with Crippen molar-refractivity contribution in [3.63, 3.8) is 0 Å². The van der Waals surface area contributed by atoms with Crippen LogP contribution in [0.15, 0.2) is 18.2 Å². The van der Waals surface area contributed by atoms with E-state index in [-0.39, 0.29) is 12.1 Å². The van der Waals surface area contributed by atoms with Crippen molar-refractivity contribution in [1.82, 2.24) is 4.90 Å². The Morgan fingerprint density at radius 2 is 2.06 bits per heavy atom. The summed E-state index contributed by atoms with van der Waals surface area (Å²) in [4.78, 5) is 22.9. The van der Waals surface area contributed by atoms with Gasteiger partial charge >= 0.3 is 6.09 Å². The molecule has 0 fully saturated rings. The van der Waals surface area contributed by atoms with Crippen LogP contribution in [0.25, 0.3) is 0 Å². The molecule has 0 aliphatic carbocycles. The minimum absolute atomic E-state index is 0.0909. The summed E-state index contributed by atoms with van der Waals surface area (Å²) in [6.07, 6.45) is -0.524. The molecular formula is C13H16FNO3. The second kappa shape index (κ2) is 5.16. The Hall–Kier alpha value is -1.91. The monoisotopic (exact) mass is 253 g/mol. The van der Waals surface area contributed by atoms with Crippen LogP contribution in [0.5, 0.6) is 0 Å². The zero-order valence-electron chi connectivity index (χ0n) is 10.6. The minimum Gasteiger partial charge on any atom is -0.465 e. The molecule has 0 aliphatic heterocycles. The zero-order valence-corrected chi connectivity index (χ0v) is 10.6. The highest BCUT2D eigenvalue weighted by molar-refractivity contribution is 5.75. The molecule has 18 heavy (non-hydrogen) atoms. The molecule has 1 amide bonds. The van der Waals surface area contributed by atoms with Gasteiger partial charge in [-0.2, -0.15) is 0 Å². The van der Waals surface area contributed by atoms with Crippen molar-refractivity contribution in [3.05, 3.63) is 35.1 Å². The SMILES string of the molecule is CC(C)(C)N(Cc1cc(C=O)ccc1F)C(=O)O. The van der Waals surface area contributed by atoms with E-state index in [0.717, 1.165) is 4.90 Å². The fourth-order valence-corrected chi connectivity index (χ4v) is 1.55. The molecule has 0 radical (unpaired) electrons. The first-order chi connectivity index (χ1) is 8.25. The summed E-state index contributed by atoms with van der Waals surface area (Å²) < 4.78 is 13.6. The molecule has 98 valence electrons. The third-order valence-electron chi connectivity index (χ3n) is 2.57. The predicted molar refractivity (Wildman–Crippen MR) is 65.1 cm³/mol. The molecule has 0 bridgehead atoms. The third kappa shape index (κ3) is 3.29. The number of rotatable bonds is 3. The first-order valence-corrected chi connectivity index (χ1v) is 5.50. The number of hydrogen-bond acceptors (Lipinski definition) is 2. The van der Waals surface area contributed by atoms with Gasteiger partial charge in [-0.05, 0) is 39.0 Å². The second-order valence-corrected chi connectivity index (χ2v) is 5.01. The van der Waals surface area contributed by atoms with Crippen LogP contribution in [-0.4, -0.2) is 27.9 Å². The summed E-state index contributed by atoms with van der Waals surface area (Å²) in [6, 6.07) is 3.89. The molecule has 0 saturated heterocycles. The quantitative estimate of drug-likeness (QED) is 0.842. The Morgan fingerprint density at radius 3 is 2.50 bits per heavy atom. The number of amides is 1. The van der Waals surface area contributed by atoms with Crippen LogP contribution in [0, 0.1) is 5.82 Å². The lowest BCUT2D eigenvalue weighted by atomic mass is 10.0. The highest BCUT2D eigenvalue weighted by Crippen LogP contribution is 2.19. The van der Waals surface area contributed by atoms with E-state index in [1.165, 1.54) is 18.2 Å². The van der Waals surface area contributed by atoms with Crippen molar-refractivity contribution in [2.45, 2.75) is 32.9 Å². The van der Waals surface area contributed by atoms with E-state index in [1.807, 2.05) is 0 Å². The summed E-state index contributed by atoms with van der Waals surface area (Å²) >= 11 is 0. The highest BCUT2D eigenvalue weighted by Gasteiger charge is 2.27. The number of carboxylic acid groups (broad SMARTS) is 1. The van der Waals surface area contributed by atoms with Crippen LogP contribution in [0.4, 0.5) is 9.18 Å². The lowest BCUT2D eigenvalue weighted by Gasteiger charge is -2.33. The van der Waals surface area contributed by atoms with Gasteiger partial charge in [-0.1, -0.05) is 0 Å². The van der Waals surface area contributed by atoms with Gasteiger partial charge in [0, 0.05) is 16.7 Å². The van der Waals surface area contributed by atoms with Crippen LogP contribution in [0.3, 0.4) is 0 Å². The van der Waals surface area contributed by atoms with Crippen molar-refractivity contribution in [1.29, 1.82) is 0 Å². The molecule has 0 saturated carbocycles. The topological polar surface area (TPSA) is 57.6 Å². The molecule has 0 unspecified atom stereocenters. The average Bonchev–Trinajstić information content (AvgIpc) is 2.25. The largest absolute Gasteiger partial charge is 0.465 e. The van der Waals surface area contributed by atoms with Gasteiger partial charge < -0.3 is 5.11 Å². The van der Waals surface area contributed by atoms with Crippen LogP contribution < -0.4 is 0 Å². The van der Waals surface area contributed by atoms with Gasteiger partial charge in [-0.25, -0.2) is 9.18 Å². The smallest absolute Gasteiger partial charge is 0.408 e. The lowest BCUT2D eigenvalue weighted by Crippen LogP contribution is -2.44. The predicted octanol–water partition coefficient (Wildman–Crippen LogP) is 2.92. The fourth-order valence-electron chi connectivity index (χ4n) is 1.55. The van der Waals surface area contributed by atoms with Crippen LogP contribution in [0.1, 0.15) is 36.7 Å². The van der Waals surface area contributed by atoms with E-state index in [4.69, 9.17) is 5.11 Å². The molecular weight excluding hydrogens is 237 g/mol. The molecule has 0 aromatic heterocycles. The van der Waals surface area contributed by atoms with Gasteiger partial charge in [0.2, 0.25) is 0 Å². The van der Waals surface area contributed by atoms with Gasteiger partial charge in [0.05, 0.1) is 6.54 Å². The molecule has 1 rings (SSSR count). The molecule has 4 nitrogen and oxygen atoms in total. The Bertz CT molecular complexity index is 466. The maximum atomic E-state index is 13.6.